The van der Waals surface area contributed by atoms with Crippen LogP contribution >= 0.6 is 0 Å². The van der Waals surface area contributed by atoms with E-state index in [-0.39, 0.29) is 0 Å². The predicted molar refractivity (Wildman–Crippen MR) is 65.0 cm³/mol. The predicted octanol–water partition coefficient (Wildman–Crippen LogP) is 2.53. The van der Waals surface area contributed by atoms with Gasteiger partial charge in [-0.1, -0.05) is 6.92 Å². The van der Waals surface area contributed by atoms with Crippen molar-refractivity contribution in [2.45, 2.75) is 63.8 Å². The van der Waals surface area contributed by atoms with Gasteiger partial charge in [0.15, 0.2) is 0 Å². The summed E-state index contributed by atoms with van der Waals surface area (Å²) in [5, 5.41) is 0. The molecule has 3 atom stereocenters. The molecule has 3 saturated heterocycles. The molecular weight excluding hydrogens is 216 g/mol. The molecule has 3 heterocycles. The van der Waals surface area contributed by atoms with Gasteiger partial charge < -0.3 is 14.2 Å². The van der Waals surface area contributed by atoms with E-state index < -0.39 is 0 Å². The Morgan fingerprint density at radius 1 is 0.765 bits per heavy atom. The Balaban J connectivity index is 1.43. The maximum absolute atomic E-state index is 5.33. The van der Waals surface area contributed by atoms with Gasteiger partial charge in [-0.15, -0.1) is 0 Å². The highest BCUT2D eigenvalue weighted by Gasteiger charge is 2.34. The molecule has 0 aromatic rings. The summed E-state index contributed by atoms with van der Waals surface area (Å²) in [7, 11) is 0. The topological polar surface area (TPSA) is 37.6 Å². The summed E-state index contributed by atoms with van der Waals surface area (Å²) in [6, 6.07) is 0. The highest BCUT2D eigenvalue weighted by Crippen LogP contribution is 2.39. The van der Waals surface area contributed by atoms with E-state index in [1.165, 1.54) is 38.5 Å². The first-order valence-corrected chi connectivity index (χ1v) is 7.08. The minimum absolute atomic E-state index is 0.476. The van der Waals surface area contributed by atoms with Gasteiger partial charge in [0.1, 0.15) is 0 Å². The Morgan fingerprint density at radius 3 is 1.29 bits per heavy atom. The summed E-state index contributed by atoms with van der Waals surface area (Å²) < 4.78 is 16.0. The van der Waals surface area contributed by atoms with Crippen LogP contribution in [-0.2, 0) is 14.2 Å². The normalized spacial score (nSPS) is 37.6. The van der Waals surface area contributed by atoms with Crippen molar-refractivity contribution in [1.29, 1.82) is 0 Å². The van der Waals surface area contributed by atoms with E-state index >= 15 is 0 Å². The van der Waals surface area contributed by atoms with Crippen molar-refractivity contribution in [1.82, 2.24) is 0 Å². The molecule has 0 aromatic heterocycles. The molecule has 0 aromatic carbocycles. The lowest BCUT2D eigenvalue weighted by molar-refractivity contribution is 0.202. The monoisotopic (exact) mass is 240 g/mol. The smallest absolute Gasteiger partial charge is 0.0810 e. The van der Waals surface area contributed by atoms with Gasteiger partial charge in [0.25, 0.3) is 0 Å². The van der Waals surface area contributed by atoms with E-state index in [4.69, 9.17) is 14.2 Å². The molecule has 0 spiro atoms. The van der Waals surface area contributed by atoms with Crippen molar-refractivity contribution < 1.29 is 14.2 Å². The van der Waals surface area contributed by atoms with Crippen molar-refractivity contribution in [3.63, 3.8) is 0 Å². The number of hydrogen-bond acceptors (Lipinski definition) is 3. The fraction of sp³-hybridized carbons (Fsp3) is 1.00. The zero-order valence-corrected chi connectivity index (χ0v) is 10.8. The van der Waals surface area contributed by atoms with E-state index in [9.17, 15) is 0 Å². The summed E-state index contributed by atoms with van der Waals surface area (Å²) in [6.45, 7) is 5.43. The van der Waals surface area contributed by atoms with Gasteiger partial charge in [-0.3, -0.25) is 0 Å². The molecule has 0 saturated carbocycles. The van der Waals surface area contributed by atoms with Gasteiger partial charge in [0.2, 0.25) is 0 Å². The molecule has 3 heteroatoms. The van der Waals surface area contributed by atoms with Gasteiger partial charge in [-0.2, -0.15) is 0 Å². The zero-order valence-electron chi connectivity index (χ0n) is 10.8. The van der Waals surface area contributed by atoms with Crippen LogP contribution in [0, 0.1) is 5.41 Å². The molecule has 0 N–H and O–H groups in total. The minimum atomic E-state index is 0.476. The van der Waals surface area contributed by atoms with Gasteiger partial charge in [0, 0.05) is 0 Å². The molecule has 3 nitrogen and oxygen atoms in total. The highest BCUT2D eigenvalue weighted by atomic mass is 16.6. The molecule has 3 unspecified atom stereocenters. The van der Waals surface area contributed by atoms with Crippen LogP contribution in [0.15, 0.2) is 0 Å². The van der Waals surface area contributed by atoms with Gasteiger partial charge in [-0.05, 0) is 43.9 Å². The molecule has 3 aliphatic rings. The van der Waals surface area contributed by atoms with Gasteiger partial charge >= 0.3 is 0 Å². The SMILES string of the molecule is CC(CCC1CO1)(CCC1CO1)CCC1CO1. The van der Waals surface area contributed by atoms with Crippen LogP contribution in [0.3, 0.4) is 0 Å². The summed E-state index contributed by atoms with van der Waals surface area (Å²) in [6.07, 6.45) is 9.36. The molecule has 0 bridgehead atoms. The Morgan fingerprint density at radius 2 is 1.06 bits per heavy atom. The average Bonchev–Trinajstić information content (AvgIpc) is 3.17. The van der Waals surface area contributed by atoms with Crippen molar-refractivity contribution in [3.05, 3.63) is 0 Å². The maximum atomic E-state index is 5.33. The molecule has 3 aliphatic heterocycles. The van der Waals surface area contributed by atoms with Crippen molar-refractivity contribution in [2.75, 3.05) is 19.8 Å². The van der Waals surface area contributed by atoms with Crippen LogP contribution < -0.4 is 0 Å². The number of hydrogen-bond donors (Lipinski definition) is 0. The summed E-state index contributed by atoms with van der Waals surface area (Å²) in [5.74, 6) is 0. The lowest BCUT2D eigenvalue weighted by atomic mass is 9.76. The third-order valence-electron chi connectivity index (χ3n) is 4.42. The molecule has 3 fully saturated rings. The fourth-order valence-electron chi connectivity index (χ4n) is 2.61. The van der Waals surface area contributed by atoms with Gasteiger partial charge in [-0.25, -0.2) is 0 Å². The maximum Gasteiger partial charge on any atom is 0.0810 e. The molecule has 3 rings (SSSR count). The lowest BCUT2D eigenvalue weighted by Gasteiger charge is -2.29. The third-order valence-corrected chi connectivity index (χ3v) is 4.42. The van der Waals surface area contributed by atoms with Crippen LogP contribution in [0.4, 0.5) is 0 Å². The highest BCUT2D eigenvalue weighted by molar-refractivity contribution is 4.84. The number of epoxide rings is 3. The summed E-state index contributed by atoms with van der Waals surface area (Å²) in [5.41, 5.74) is 0.476. The van der Waals surface area contributed by atoms with E-state index in [1.54, 1.807) is 0 Å². The van der Waals surface area contributed by atoms with Crippen LogP contribution in [0.1, 0.15) is 45.4 Å². The molecule has 98 valence electrons. The van der Waals surface area contributed by atoms with E-state index in [0.29, 0.717) is 23.7 Å². The molecule has 0 radical (unpaired) electrons. The van der Waals surface area contributed by atoms with Crippen LogP contribution in [0.5, 0.6) is 0 Å². The molecule has 0 amide bonds. The molecule has 17 heavy (non-hydrogen) atoms. The van der Waals surface area contributed by atoms with Crippen LogP contribution in [0.25, 0.3) is 0 Å². The number of rotatable bonds is 9. The first-order chi connectivity index (χ1) is 8.23. The van der Waals surface area contributed by atoms with Gasteiger partial charge in [0.05, 0.1) is 38.1 Å². The Hall–Kier alpha value is -0.120. The first-order valence-electron chi connectivity index (χ1n) is 7.08. The summed E-state index contributed by atoms with van der Waals surface area (Å²) >= 11 is 0. The zero-order chi connectivity index (χ0) is 11.7. The quantitative estimate of drug-likeness (QED) is 0.581. The number of ether oxygens (including phenoxy) is 3. The second-order valence-corrected chi connectivity index (χ2v) is 6.29. The minimum Gasteiger partial charge on any atom is -0.373 e. The van der Waals surface area contributed by atoms with E-state index in [0.717, 1.165) is 19.8 Å². The lowest BCUT2D eigenvalue weighted by Crippen LogP contribution is -2.19. The Kier molecular flexibility index (Phi) is 3.42. The van der Waals surface area contributed by atoms with Crippen molar-refractivity contribution in [3.8, 4) is 0 Å². The first kappa shape index (κ1) is 11.9. The fourth-order valence-corrected chi connectivity index (χ4v) is 2.61. The second kappa shape index (κ2) is 4.87. The van der Waals surface area contributed by atoms with Crippen LogP contribution in [-0.4, -0.2) is 38.1 Å². The second-order valence-electron chi connectivity index (χ2n) is 6.29. The largest absolute Gasteiger partial charge is 0.373 e. The molecular formula is C14H24O3. The average molecular weight is 240 g/mol. The Labute approximate surface area is 104 Å². The summed E-state index contributed by atoms with van der Waals surface area (Å²) in [4.78, 5) is 0. The van der Waals surface area contributed by atoms with Crippen molar-refractivity contribution >= 4 is 0 Å². The standard InChI is InChI=1S/C14H24O3/c1-14(5-2-11-8-15-11,6-3-12-9-16-12)7-4-13-10-17-13/h11-13H,2-10H2,1H3. The molecule has 0 aliphatic carbocycles. The third kappa shape index (κ3) is 4.23. The van der Waals surface area contributed by atoms with E-state index in [2.05, 4.69) is 6.92 Å². The van der Waals surface area contributed by atoms with E-state index in [1.807, 2.05) is 0 Å². The van der Waals surface area contributed by atoms with Crippen molar-refractivity contribution in [2.24, 2.45) is 5.41 Å². The Bertz CT molecular complexity index is 213. The van der Waals surface area contributed by atoms with Crippen LogP contribution in [0.2, 0.25) is 0 Å².